The number of allylic oxidation sites excluding steroid dienone is 1. The summed E-state index contributed by atoms with van der Waals surface area (Å²) in [6.07, 6.45) is 3.33. The molecule has 5 heteroatoms. The Labute approximate surface area is 171 Å². The molecule has 0 spiro atoms. The predicted molar refractivity (Wildman–Crippen MR) is 115 cm³/mol. The number of imidazole rings is 1. The highest BCUT2D eigenvalue weighted by Crippen LogP contribution is 2.25. The lowest BCUT2D eigenvalue weighted by Crippen LogP contribution is -2.35. The normalized spacial score (nSPS) is 16.6. The molecule has 2 aromatic carbocycles. The Hall–Kier alpha value is -3.10. The van der Waals surface area contributed by atoms with Gasteiger partial charge in [0.05, 0.1) is 17.6 Å². The Morgan fingerprint density at radius 1 is 1.10 bits per heavy atom. The number of para-hydroxylation sites is 2. The van der Waals surface area contributed by atoms with Crippen LogP contribution in [-0.2, 0) is 13.5 Å². The van der Waals surface area contributed by atoms with Crippen molar-refractivity contribution in [3.63, 3.8) is 0 Å². The van der Waals surface area contributed by atoms with Crippen molar-refractivity contribution in [2.24, 2.45) is 13.0 Å². The van der Waals surface area contributed by atoms with E-state index < -0.39 is 0 Å². The van der Waals surface area contributed by atoms with Gasteiger partial charge in [-0.05, 0) is 56.0 Å². The van der Waals surface area contributed by atoms with Gasteiger partial charge in [-0.25, -0.2) is 4.98 Å². The van der Waals surface area contributed by atoms with Crippen molar-refractivity contribution in [2.75, 3.05) is 19.6 Å². The molecule has 0 amide bonds. The molecule has 4 rings (SSSR count). The molecule has 1 saturated heterocycles. The van der Waals surface area contributed by atoms with Crippen LogP contribution in [0.1, 0.15) is 24.2 Å². The Morgan fingerprint density at radius 3 is 2.48 bits per heavy atom. The van der Waals surface area contributed by atoms with E-state index in [1.807, 2.05) is 35.9 Å². The van der Waals surface area contributed by atoms with Crippen molar-refractivity contribution in [2.45, 2.75) is 19.3 Å². The number of aromatic nitrogens is 2. The van der Waals surface area contributed by atoms with Crippen molar-refractivity contribution in [1.29, 1.82) is 5.26 Å². The second-order valence-electron chi connectivity index (χ2n) is 7.83. The smallest absolute Gasteiger partial charge is 0.155 e. The Bertz CT molecular complexity index is 1050. The summed E-state index contributed by atoms with van der Waals surface area (Å²) in [6, 6.07) is 20.6. The van der Waals surface area contributed by atoms with Crippen LogP contribution in [0.15, 0.2) is 60.4 Å². The van der Waals surface area contributed by atoms with Crippen LogP contribution in [0, 0.1) is 17.2 Å². The number of nitrogens with zero attached hydrogens (tertiary/aromatic N) is 4. The molecule has 1 N–H and O–H groups in total. The molecular weight excluding hydrogens is 360 g/mol. The summed E-state index contributed by atoms with van der Waals surface area (Å²) < 4.78 is 1.87. The maximum Gasteiger partial charge on any atom is 0.155 e. The van der Waals surface area contributed by atoms with Crippen LogP contribution in [0.4, 0.5) is 0 Å². The van der Waals surface area contributed by atoms with Crippen LogP contribution in [0.5, 0.6) is 0 Å². The minimum absolute atomic E-state index is 0.104. The number of piperidine rings is 1. The number of likely N-dealkylation sites (tertiary alicyclic amines) is 1. The highest BCUT2D eigenvalue weighted by atomic mass is 16.3. The van der Waals surface area contributed by atoms with Gasteiger partial charge >= 0.3 is 0 Å². The quantitative estimate of drug-likeness (QED) is 0.524. The number of aliphatic hydroxyl groups excluding tert-OH is 1. The molecular formula is C24H26N4O. The summed E-state index contributed by atoms with van der Waals surface area (Å²) in [5.41, 5.74) is 3.43. The Balaban J connectivity index is 1.43. The van der Waals surface area contributed by atoms with Crippen molar-refractivity contribution >= 4 is 16.6 Å². The first kappa shape index (κ1) is 19.2. The van der Waals surface area contributed by atoms with E-state index >= 15 is 0 Å². The van der Waals surface area contributed by atoms with Gasteiger partial charge in [0.15, 0.2) is 5.82 Å². The fourth-order valence-corrected chi connectivity index (χ4v) is 4.20. The highest BCUT2D eigenvalue weighted by Gasteiger charge is 2.22. The second-order valence-corrected chi connectivity index (χ2v) is 7.83. The molecule has 0 unspecified atom stereocenters. The zero-order valence-electron chi connectivity index (χ0n) is 16.8. The van der Waals surface area contributed by atoms with E-state index in [9.17, 15) is 10.4 Å². The predicted octanol–water partition coefficient (Wildman–Crippen LogP) is 4.32. The lowest BCUT2D eigenvalue weighted by atomic mass is 9.90. The van der Waals surface area contributed by atoms with Crippen molar-refractivity contribution < 1.29 is 5.11 Å². The summed E-state index contributed by atoms with van der Waals surface area (Å²) >= 11 is 0. The molecule has 148 valence electrons. The van der Waals surface area contributed by atoms with E-state index in [-0.39, 0.29) is 11.3 Å². The number of hydrogen-bond donors (Lipinski definition) is 1. The fourth-order valence-electron chi connectivity index (χ4n) is 4.20. The van der Waals surface area contributed by atoms with Crippen LogP contribution in [0.3, 0.4) is 0 Å². The molecule has 0 bridgehead atoms. The topological polar surface area (TPSA) is 65.1 Å². The molecule has 29 heavy (non-hydrogen) atoms. The number of aliphatic hydroxyl groups is 1. The summed E-state index contributed by atoms with van der Waals surface area (Å²) in [5, 5.41) is 20.4. The molecule has 1 aliphatic rings. The van der Waals surface area contributed by atoms with Gasteiger partial charge in [-0.3, -0.25) is 4.90 Å². The average Bonchev–Trinajstić information content (AvgIpc) is 3.07. The molecule has 1 aliphatic heterocycles. The van der Waals surface area contributed by atoms with Crippen LogP contribution in [0.2, 0.25) is 0 Å². The molecule has 2 heterocycles. The van der Waals surface area contributed by atoms with E-state index in [1.54, 1.807) is 0 Å². The number of aryl methyl sites for hydroxylation is 1. The van der Waals surface area contributed by atoms with Crippen LogP contribution >= 0.6 is 0 Å². The minimum Gasteiger partial charge on any atom is -0.509 e. The van der Waals surface area contributed by atoms with Gasteiger partial charge in [-0.1, -0.05) is 42.5 Å². The first-order chi connectivity index (χ1) is 14.2. The third-order valence-corrected chi connectivity index (χ3v) is 5.86. The zero-order chi connectivity index (χ0) is 20.2. The molecule has 0 saturated carbocycles. The molecule has 1 fully saturated rings. The van der Waals surface area contributed by atoms with E-state index in [1.165, 1.54) is 5.56 Å². The molecule has 0 aliphatic carbocycles. The van der Waals surface area contributed by atoms with Gasteiger partial charge in [-0.2, -0.15) is 5.26 Å². The summed E-state index contributed by atoms with van der Waals surface area (Å²) in [7, 11) is 1.88. The molecule has 5 nitrogen and oxygen atoms in total. The monoisotopic (exact) mass is 386 g/mol. The van der Waals surface area contributed by atoms with Crippen LogP contribution in [-0.4, -0.2) is 39.2 Å². The first-order valence-corrected chi connectivity index (χ1v) is 10.2. The minimum atomic E-state index is 0.104. The summed E-state index contributed by atoms with van der Waals surface area (Å²) in [5.74, 6) is 1.30. The van der Waals surface area contributed by atoms with Crippen LogP contribution in [0.25, 0.3) is 16.6 Å². The van der Waals surface area contributed by atoms with Gasteiger partial charge in [0.2, 0.25) is 0 Å². The Kier molecular flexibility index (Phi) is 5.64. The van der Waals surface area contributed by atoms with E-state index in [2.05, 4.69) is 46.3 Å². The third-order valence-electron chi connectivity index (χ3n) is 5.86. The largest absolute Gasteiger partial charge is 0.509 e. The number of fused-ring (bicyclic) bond motifs is 1. The summed E-state index contributed by atoms with van der Waals surface area (Å²) in [4.78, 5) is 6.79. The first-order valence-electron chi connectivity index (χ1n) is 10.2. The van der Waals surface area contributed by atoms with Gasteiger partial charge in [0, 0.05) is 7.05 Å². The van der Waals surface area contributed by atoms with E-state index in [0.29, 0.717) is 18.3 Å². The van der Waals surface area contributed by atoms with Crippen molar-refractivity contribution in [3.05, 3.63) is 71.7 Å². The number of rotatable bonds is 5. The average molecular weight is 386 g/mol. The van der Waals surface area contributed by atoms with Crippen molar-refractivity contribution in [3.8, 4) is 6.07 Å². The number of hydrogen-bond acceptors (Lipinski definition) is 4. The lowest BCUT2D eigenvalue weighted by Gasteiger charge is -2.31. The lowest BCUT2D eigenvalue weighted by molar-refractivity contribution is 0.177. The standard InChI is InChI=1S/C24H26N4O/c1-27-22-10-6-5-9-21(22)26-24(27)20(16-25)23(29)17-28-13-11-19(12-14-28)15-18-7-3-2-4-8-18/h2-10,19,29H,11-15,17H2,1H3/b23-20-. The number of nitriles is 1. The maximum atomic E-state index is 10.7. The van der Waals surface area contributed by atoms with Gasteiger partial charge in [0.25, 0.3) is 0 Å². The SMILES string of the molecule is Cn1c(/C(C#N)=C(\O)CN2CCC(Cc3ccccc3)CC2)nc2ccccc21. The second kappa shape index (κ2) is 8.50. The zero-order valence-corrected chi connectivity index (χ0v) is 16.8. The Morgan fingerprint density at radius 2 is 1.79 bits per heavy atom. The van der Waals surface area contributed by atoms with E-state index in [4.69, 9.17) is 0 Å². The molecule has 3 aromatic rings. The molecule has 0 atom stereocenters. The molecule has 1 aromatic heterocycles. The van der Waals surface area contributed by atoms with Gasteiger partial charge in [0.1, 0.15) is 17.4 Å². The van der Waals surface area contributed by atoms with Gasteiger partial charge < -0.3 is 9.67 Å². The molecule has 0 radical (unpaired) electrons. The van der Waals surface area contributed by atoms with Crippen LogP contribution < -0.4 is 0 Å². The maximum absolute atomic E-state index is 10.7. The summed E-state index contributed by atoms with van der Waals surface area (Å²) in [6.45, 7) is 2.26. The fraction of sp³-hybridized carbons (Fsp3) is 0.333. The van der Waals surface area contributed by atoms with Gasteiger partial charge in [-0.15, -0.1) is 0 Å². The highest BCUT2D eigenvalue weighted by molar-refractivity contribution is 5.83. The third kappa shape index (κ3) is 4.18. The number of benzene rings is 2. The van der Waals surface area contributed by atoms with Crippen molar-refractivity contribution in [1.82, 2.24) is 14.5 Å². The van der Waals surface area contributed by atoms with E-state index in [0.717, 1.165) is 43.4 Å².